The molecular weight excluding hydrogens is 280 g/mol. The molecule has 2 aromatic heterocycles. The number of fused-ring (bicyclic) bond motifs is 2. The van der Waals surface area contributed by atoms with Gasteiger partial charge in [0.05, 0.1) is 18.8 Å². The molecule has 0 spiro atoms. The van der Waals surface area contributed by atoms with E-state index in [1.54, 1.807) is 25.5 Å². The van der Waals surface area contributed by atoms with Gasteiger partial charge < -0.3 is 13.6 Å². The lowest BCUT2D eigenvalue weighted by atomic mass is 10.1. The van der Waals surface area contributed by atoms with Crippen molar-refractivity contribution in [1.29, 1.82) is 0 Å². The highest BCUT2D eigenvalue weighted by Crippen LogP contribution is 2.27. The number of methoxy groups -OCH3 is 1. The standard InChI is InChI=1S/C18H12O4/c1-20-13-4-2-11(3-5-13)17-9-15(19)14-8-12-6-7-21-16(12)10-18(14)22-17/h2-10H,1H3. The van der Waals surface area contributed by atoms with E-state index in [0.29, 0.717) is 22.3 Å². The Labute approximate surface area is 125 Å². The largest absolute Gasteiger partial charge is 0.497 e. The lowest BCUT2D eigenvalue weighted by Crippen LogP contribution is -2.00. The fourth-order valence-electron chi connectivity index (χ4n) is 2.51. The lowest BCUT2D eigenvalue weighted by Gasteiger charge is -2.04. The SMILES string of the molecule is COc1ccc(-c2cc(=O)c3cc4ccoc4cc3o2)cc1. The van der Waals surface area contributed by atoms with Crippen LogP contribution in [0.15, 0.2) is 68.4 Å². The minimum Gasteiger partial charge on any atom is -0.497 e. The second-order valence-corrected chi connectivity index (χ2v) is 5.01. The first-order valence-electron chi connectivity index (χ1n) is 6.84. The number of hydrogen-bond donors (Lipinski definition) is 0. The Morgan fingerprint density at radius 1 is 0.955 bits per heavy atom. The molecule has 0 aliphatic carbocycles. The van der Waals surface area contributed by atoms with E-state index >= 15 is 0 Å². The highest BCUT2D eigenvalue weighted by atomic mass is 16.5. The Bertz CT molecular complexity index is 1020. The molecule has 0 saturated carbocycles. The molecule has 0 aliphatic heterocycles. The molecular formula is C18H12O4. The van der Waals surface area contributed by atoms with E-state index in [0.717, 1.165) is 16.7 Å². The van der Waals surface area contributed by atoms with E-state index in [2.05, 4.69) is 0 Å². The quantitative estimate of drug-likeness (QED) is 0.555. The summed E-state index contributed by atoms with van der Waals surface area (Å²) in [5.41, 5.74) is 1.96. The van der Waals surface area contributed by atoms with Crippen molar-refractivity contribution in [3.8, 4) is 17.1 Å². The van der Waals surface area contributed by atoms with Gasteiger partial charge in [-0.25, -0.2) is 0 Å². The third-order valence-corrected chi connectivity index (χ3v) is 3.68. The Kier molecular flexibility index (Phi) is 2.76. The predicted molar refractivity (Wildman–Crippen MR) is 84.2 cm³/mol. The first-order valence-corrected chi connectivity index (χ1v) is 6.84. The molecule has 4 heteroatoms. The molecule has 0 bridgehead atoms. The Hall–Kier alpha value is -3.01. The molecule has 0 saturated heterocycles. The number of furan rings is 1. The van der Waals surface area contributed by atoms with Crippen molar-refractivity contribution in [2.24, 2.45) is 0 Å². The smallest absolute Gasteiger partial charge is 0.193 e. The summed E-state index contributed by atoms with van der Waals surface area (Å²) in [6, 6.07) is 14.2. The predicted octanol–water partition coefficient (Wildman–Crippen LogP) is 4.21. The van der Waals surface area contributed by atoms with Gasteiger partial charge in [0.15, 0.2) is 5.43 Å². The normalized spacial score (nSPS) is 11.1. The van der Waals surface area contributed by atoms with Gasteiger partial charge in [0, 0.05) is 23.1 Å². The first kappa shape index (κ1) is 12.7. The van der Waals surface area contributed by atoms with Gasteiger partial charge in [-0.1, -0.05) is 0 Å². The summed E-state index contributed by atoms with van der Waals surface area (Å²) in [5, 5.41) is 1.43. The average Bonchev–Trinajstić information content (AvgIpc) is 3.00. The van der Waals surface area contributed by atoms with Crippen LogP contribution in [0.4, 0.5) is 0 Å². The molecule has 4 rings (SSSR count). The molecule has 0 N–H and O–H groups in total. The molecule has 0 amide bonds. The summed E-state index contributed by atoms with van der Waals surface area (Å²) in [6.07, 6.45) is 1.60. The Morgan fingerprint density at radius 2 is 1.77 bits per heavy atom. The van der Waals surface area contributed by atoms with Crippen molar-refractivity contribution >= 4 is 21.9 Å². The van der Waals surface area contributed by atoms with E-state index in [-0.39, 0.29) is 5.43 Å². The molecule has 108 valence electrons. The zero-order valence-electron chi connectivity index (χ0n) is 11.8. The van der Waals surface area contributed by atoms with Crippen molar-refractivity contribution in [2.75, 3.05) is 7.11 Å². The summed E-state index contributed by atoms with van der Waals surface area (Å²) < 4.78 is 16.4. The monoisotopic (exact) mass is 292 g/mol. The van der Waals surface area contributed by atoms with Crippen LogP contribution in [-0.2, 0) is 0 Å². The molecule has 2 heterocycles. The second-order valence-electron chi connectivity index (χ2n) is 5.01. The highest BCUT2D eigenvalue weighted by Gasteiger charge is 2.09. The van der Waals surface area contributed by atoms with E-state index in [4.69, 9.17) is 13.6 Å². The van der Waals surface area contributed by atoms with Crippen molar-refractivity contribution < 1.29 is 13.6 Å². The molecule has 4 nitrogen and oxygen atoms in total. The van der Waals surface area contributed by atoms with E-state index < -0.39 is 0 Å². The summed E-state index contributed by atoms with van der Waals surface area (Å²) in [5.74, 6) is 1.27. The van der Waals surface area contributed by atoms with Gasteiger partial charge in [-0.15, -0.1) is 0 Å². The maximum Gasteiger partial charge on any atom is 0.193 e. The molecule has 0 atom stereocenters. The summed E-state index contributed by atoms with van der Waals surface area (Å²) in [4.78, 5) is 12.3. The molecule has 0 unspecified atom stereocenters. The van der Waals surface area contributed by atoms with Gasteiger partial charge in [-0.3, -0.25) is 4.79 Å². The number of hydrogen-bond acceptors (Lipinski definition) is 4. The molecule has 2 aromatic carbocycles. The highest BCUT2D eigenvalue weighted by molar-refractivity contribution is 5.93. The van der Waals surface area contributed by atoms with Gasteiger partial charge >= 0.3 is 0 Å². The van der Waals surface area contributed by atoms with Crippen molar-refractivity contribution in [3.05, 3.63) is 65.0 Å². The number of rotatable bonds is 2. The van der Waals surface area contributed by atoms with Crippen molar-refractivity contribution in [3.63, 3.8) is 0 Å². The second kappa shape index (κ2) is 4.77. The third-order valence-electron chi connectivity index (χ3n) is 3.68. The van der Waals surface area contributed by atoms with Gasteiger partial charge in [-0.2, -0.15) is 0 Å². The van der Waals surface area contributed by atoms with Crippen LogP contribution in [0, 0.1) is 0 Å². The minimum atomic E-state index is -0.0739. The van der Waals surface area contributed by atoms with Crippen LogP contribution >= 0.6 is 0 Å². The summed E-state index contributed by atoms with van der Waals surface area (Å²) in [7, 11) is 1.61. The van der Waals surface area contributed by atoms with Crippen LogP contribution in [-0.4, -0.2) is 7.11 Å². The lowest BCUT2D eigenvalue weighted by molar-refractivity contribution is 0.415. The van der Waals surface area contributed by atoms with E-state index in [9.17, 15) is 4.79 Å². The fourth-order valence-corrected chi connectivity index (χ4v) is 2.51. The number of benzene rings is 2. The van der Waals surface area contributed by atoms with Gasteiger partial charge in [-0.05, 0) is 36.4 Å². The molecule has 0 fully saturated rings. The van der Waals surface area contributed by atoms with Gasteiger partial charge in [0.2, 0.25) is 0 Å². The van der Waals surface area contributed by atoms with Crippen LogP contribution in [0.5, 0.6) is 5.75 Å². The molecule has 0 radical (unpaired) electrons. The van der Waals surface area contributed by atoms with Crippen LogP contribution in [0.1, 0.15) is 0 Å². The zero-order valence-corrected chi connectivity index (χ0v) is 11.8. The average molecular weight is 292 g/mol. The van der Waals surface area contributed by atoms with Crippen molar-refractivity contribution in [1.82, 2.24) is 0 Å². The topological polar surface area (TPSA) is 52.6 Å². The van der Waals surface area contributed by atoms with E-state index in [1.807, 2.05) is 30.3 Å². The molecule has 22 heavy (non-hydrogen) atoms. The zero-order chi connectivity index (χ0) is 15.1. The summed E-state index contributed by atoms with van der Waals surface area (Å²) >= 11 is 0. The first-order chi connectivity index (χ1) is 10.7. The maximum atomic E-state index is 12.3. The fraction of sp³-hybridized carbons (Fsp3) is 0.0556. The molecule has 0 aliphatic rings. The number of ether oxygens (including phenoxy) is 1. The van der Waals surface area contributed by atoms with Gasteiger partial charge in [0.25, 0.3) is 0 Å². The Morgan fingerprint density at radius 3 is 2.55 bits per heavy atom. The minimum absolute atomic E-state index is 0.0739. The van der Waals surface area contributed by atoms with Crippen LogP contribution in [0.25, 0.3) is 33.3 Å². The van der Waals surface area contributed by atoms with Crippen LogP contribution in [0.3, 0.4) is 0 Å². The molecule has 4 aromatic rings. The van der Waals surface area contributed by atoms with Crippen LogP contribution in [0.2, 0.25) is 0 Å². The van der Waals surface area contributed by atoms with Crippen LogP contribution < -0.4 is 10.2 Å². The maximum absolute atomic E-state index is 12.3. The Balaban J connectivity index is 1.94. The summed E-state index contributed by atoms with van der Waals surface area (Å²) in [6.45, 7) is 0. The third kappa shape index (κ3) is 1.97. The van der Waals surface area contributed by atoms with E-state index in [1.165, 1.54) is 6.07 Å². The van der Waals surface area contributed by atoms with Gasteiger partial charge in [0.1, 0.15) is 22.7 Å². The van der Waals surface area contributed by atoms with Crippen molar-refractivity contribution in [2.45, 2.75) is 0 Å².